The van der Waals surface area contributed by atoms with Crippen molar-refractivity contribution in [1.29, 1.82) is 0 Å². The van der Waals surface area contributed by atoms with Gasteiger partial charge in [0.25, 0.3) is 0 Å². The molecule has 4 rings (SSSR count). The summed E-state index contributed by atoms with van der Waals surface area (Å²) >= 11 is 0. The lowest BCUT2D eigenvalue weighted by Crippen LogP contribution is -2.56. The van der Waals surface area contributed by atoms with Gasteiger partial charge in [0.1, 0.15) is 29.8 Å². The van der Waals surface area contributed by atoms with E-state index in [1.54, 1.807) is 45.2 Å². The van der Waals surface area contributed by atoms with Gasteiger partial charge in [-0.15, -0.1) is 0 Å². The number of hydrogen-bond acceptors (Lipinski definition) is 12. The lowest BCUT2D eigenvalue weighted by Gasteiger charge is -2.45. The molecule has 0 bridgehead atoms. The summed E-state index contributed by atoms with van der Waals surface area (Å²) in [6, 6.07) is 7.10. The molecule has 0 unspecified atom stereocenters. The maximum atomic E-state index is 12.0. The van der Waals surface area contributed by atoms with Gasteiger partial charge in [-0.05, 0) is 51.5 Å². The number of ether oxygens (including phenoxy) is 9. The summed E-state index contributed by atoms with van der Waals surface area (Å²) in [5.74, 6) is 0.361. The second-order valence-electron chi connectivity index (χ2n) is 10.7. The molecular weight excluding hydrogens is 540 g/mol. The summed E-state index contributed by atoms with van der Waals surface area (Å²) in [7, 11) is 1.59. The quantitative estimate of drug-likeness (QED) is 0.429. The van der Waals surface area contributed by atoms with Crippen LogP contribution in [-0.2, 0) is 42.7 Å². The van der Waals surface area contributed by atoms with E-state index in [1.807, 2.05) is 6.92 Å². The summed E-state index contributed by atoms with van der Waals surface area (Å²) in [4.78, 5) is 23.9. The van der Waals surface area contributed by atoms with Crippen LogP contribution in [0.5, 0.6) is 11.5 Å². The van der Waals surface area contributed by atoms with Gasteiger partial charge >= 0.3 is 11.9 Å². The van der Waals surface area contributed by atoms with Crippen molar-refractivity contribution in [2.75, 3.05) is 7.11 Å². The Kier molecular flexibility index (Phi) is 10.8. The summed E-state index contributed by atoms with van der Waals surface area (Å²) in [5.41, 5.74) is 0. The van der Waals surface area contributed by atoms with E-state index >= 15 is 0 Å². The highest BCUT2D eigenvalue weighted by atomic mass is 16.7. The van der Waals surface area contributed by atoms with E-state index in [-0.39, 0.29) is 18.9 Å². The van der Waals surface area contributed by atoms with E-state index in [0.29, 0.717) is 24.3 Å². The highest BCUT2D eigenvalue weighted by Gasteiger charge is 2.46. The number of aliphatic hydroxyl groups is 1. The summed E-state index contributed by atoms with van der Waals surface area (Å²) in [6.45, 7) is 8.04. The average molecular weight is 583 g/mol. The lowest BCUT2D eigenvalue weighted by molar-refractivity contribution is -0.325. The zero-order chi connectivity index (χ0) is 29.7. The number of rotatable bonds is 9. The van der Waals surface area contributed by atoms with Gasteiger partial charge in [-0.25, -0.2) is 0 Å². The van der Waals surface area contributed by atoms with Gasteiger partial charge in [0, 0.05) is 33.1 Å². The first-order chi connectivity index (χ1) is 19.5. The molecule has 1 N–H and O–H groups in total. The molecule has 41 heavy (non-hydrogen) atoms. The SMILES string of the molecule is COc1ccc(O[C@H]2C[C@@H](OC(C)=O)[C@H](O[C@H]3C[C@@H](O[C@H]4CC[C@H](O)[C@H](C)O4)[C@H](OC(C)=O)[C@@H](C)O3)[C@@H](C)O2)cc1. The molecule has 230 valence electrons. The normalized spacial score (nSPS) is 37.6. The topological polar surface area (TPSA) is 137 Å². The minimum absolute atomic E-state index is 0.223. The third-order valence-corrected chi connectivity index (χ3v) is 7.43. The second kappa shape index (κ2) is 14.1. The van der Waals surface area contributed by atoms with Crippen molar-refractivity contribution in [2.45, 2.75) is 128 Å². The summed E-state index contributed by atoms with van der Waals surface area (Å²) in [6.07, 6.45) is -5.22. The van der Waals surface area contributed by atoms with Crippen molar-refractivity contribution in [3.8, 4) is 11.5 Å². The molecule has 0 spiro atoms. The van der Waals surface area contributed by atoms with Crippen LogP contribution in [0.15, 0.2) is 24.3 Å². The Balaban J connectivity index is 1.44. The highest BCUT2D eigenvalue weighted by molar-refractivity contribution is 5.66. The summed E-state index contributed by atoms with van der Waals surface area (Å²) in [5, 5.41) is 10.0. The van der Waals surface area contributed by atoms with E-state index in [4.69, 9.17) is 42.6 Å². The predicted molar refractivity (Wildman–Crippen MR) is 142 cm³/mol. The number of esters is 2. The predicted octanol–water partition coefficient (Wildman–Crippen LogP) is 2.86. The van der Waals surface area contributed by atoms with Crippen molar-refractivity contribution >= 4 is 11.9 Å². The third kappa shape index (κ3) is 8.52. The van der Waals surface area contributed by atoms with Crippen molar-refractivity contribution in [3.05, 3.63) is 24.3 Å². The number of benzene rings is 1. The van der Waals surface area contributed by atoms with E-state index in [0.717, 1.165) is 0 Å². The molecule has 3 fully saturated rings. The molecule has 1 aromatic rings. The van der Waals surface area contributed by atoms with Crippen molar-refractivity contribution < 1.29 is 57.3 Å². The second-order valence-corrected chi connectivity index (χ2v) is 10.7. The fraction of sp³-hybridized carbons (Fsp3) is 0.724. The van der Waals surface area contributed by atoms with E-state index < -0.39 is 73.5 Å². The third-order valence-electron chi connectivity index (χ3n) is 7.43. The van der Waals surface area contributed by atoms with E-state index in [1.165, 1.54) is 13.8 Å². The van der Waals surface area contributed by atoms with Crippen LogP contribution in [-0.4, -0.2) is 91.9 Å². The van der Waals surface area contributed by atoms with Crippen LogP contribution < -0.4 is 9.47 Å². The van der Waals surface area contributed by atoms with Gasteiger partial charge in [0.15, 0.2) is 18.7 Å². The Hall–Kier alpha value is -2.48. The maximum absolute atomic E-state index is 12.0. The minimum atomic E-state index is -0.776. The van der Waals surface area contributed by atoms with Gasteiger partial charge in [-0.3, -0.25) is 9.59 Å². The van der Waals surface area contributed by atoms with Crippen molar-refractivity contribution in [2.24, 2.45) is 0 Å². The van der Waals surface area contributed by atoms with Gasteiger partial charge in [0.2, 0.25) is 6.29 Å². The van der Waals surface area contributed by atoms with Crippen LogP contribution in [0.3, 0.4) is 0 Å². The fourth-order valence-electron chi connectivity index (χ4n) is 5.40. The van der Waals surface area contributed by atoms with Gasteiger partial charge < -0.3 is 47.7 Å². The van der Waals surface area contributed by atoms with E-state index in [9.17, 15) is 14.7 Å². The fourth-order valence-corrected chi connectivity index (χ4v) is 5.40. The number of methoxy groups -OCH3 is 1. The molecule has 12 nitrogen and oxygen atoms in total. The van der Waals surface area contributed by atoms with Crippen LogP contribution in [0.25, 0.3) is 0 Å². The zero-order valence-corrected chi connectivity index (χ0v) is 24.4. The lowest BCUT2D eigenvalue weighted by atomic mass is 9.99. The molecule has 3 heterocycles. The average Bonchev–Trinajstić information content (AvgIpc) is 2.90. The zero-order valence-electron chi connectivity index (χ0n) is 24.4. The first-order valence-corrected chi connectivity index (χ1v) is 14.1. The van der Waals surface area contributed by atoms with Gasteiger partial charge in [-0.2, -0.15) is 0 Å². The van der Waals surface area contributed by atoms with Crippen molar-refractivity contribution in [1.82, 2.24) is 0 Å². The molecular formula is C29H42O12. The van der Waals surface area contributed by atoms with Crippen LogP contribution in [0.2, 0.25) is 0 Å². The van der Waals surface area contributed by atoms with E-state index in [2.05, 4.69) is 0 Å². The van der Waals surface area contributed by atoms with Crippen molar-refractivity contribution in [3.63, 3.8) is 0 Å². The largest absolute Gasteiger partial charge is 0.497 e. The number of hydrogen-bond donors (Lipinski definition) is 1. The van der Waals surface area contributed by atoms with Gasteiger partial charge in [0.05, 0.1) is 31.5 Å². The number of aliphatic hydroxyl groups excluding tert-OH is 1. The Morgan fingerprint density at radius 3 is 1.95 bits per heavy atom. The molecule has 0 amide bonds. The highest BCUT2D eigenvalue weighted by Crippen LogP contribution is 2.34. The molecule has 0 aromatic heterocycles. The number of carbonyl (C=O) groups is 2. The maximum Gasteiger partial charge on any atom is 0.303 e. The summed E-state index contributed by atoms with van der Waals surface area (Å²) < 4.78 is 53.1. The van der Waals surface area contributed by atoms with Crippen LogP contribution in [0, 0.1) is 0 Å². The Labute approximate surface area is 240 Å². The molecule has 3 saturated heterocycles. The Morgan fingerprint density at radius 1 is 0.732 bits per heavy atom. The molecule has 0 saturated carbocycles. The Bertz CT molecular complexity index is 1000. The molecule has 0 radical (unpaired) electrons. The Morgan fingerprint density at radius 2 is 1.32 bits per heavy atom. The minimum Gasteiger partial charge on any atom is -0.497 e. The molecule has 0 aliphatic carbocycles. The first-order valence-electron chi connectivity index (χ1n) is 14.1. The first kappa shape index (κ1) is 31.5. The standard InChI is InChI=1S/C29H42O12/c1-15-22(32)11-12-25(34-15)40-24-14-27(36-16(2)28(24)38-19(5)31)41-29-17(3)35-26(13-23(29)37-18(4)30)39-21-9-7-20(33-6)8-10-21/h7-10,15-17,22-29,32H,11-14H2,1-6H3/t15-,16+,17+,22-,23+,24+,25-,26-,27-,28+,29+/m0/s1. The molecule has 11 atom stereocenters. The monoisotopic (exact) mass is 582 g/mol. The smallest absolute Gasteiger partial charge is 0.303 e. The van der Waals surface area contributed by atoms with Gasteiger partial charge in [-0.1, -0.05) is 0 Å². The van der Waals surface area contributed by atoms with Crippen LogP contribution >= 0.6 is 0 Å². The van der Waals surface area contributed by atoms with Crippen LogP contribution in [0.1, 0.15) is 60.3 Å². The molecule has 3 aliphatic rings. The molecule has 1 aromatic carbocycles. The molecule has 12 heteroatoms. The number of carbonyl (C=O) groups excluding carboxylic acids is 2. The molecule has 3 aliphatic heterocycles. The van der Waals surface area contributed by atoms with Crippen LogP contribution in [0.4, 0.5) is 0 Å².